The minimum Gasteiger partial charge on any atom is -0.493 e. The van der Waals surface area contributed by atoms with Gasteiger partial charge in [-0.1, -0.05) is 6.07 Å². The first-order chi connectivity index (χ1) is 13.1. The lowest BCUT2D eigenvalue weighted by Gasteiger charge is -2.41. The number of benzene rings is 2. The highest BCUT2D eigenvalue weighted by molar-refractivity contribution is 5.55. The van der Waals surface area contributed by atoms with E-state index in [-0.39, 0.29) is 0 Å². The summed E-state index contributed by atoms with van der Waals surface area (Å²) in [5, 5.41) is 3.35. The average Bonchev–Trinajstić information content (AvgIpc) is 2.70. The third kappa shape index (κ3) is 4.66. The van der Waals surface area contributed by atoms with Gasteiger partial charge in [-0.2, -0.15) is 0 Å². The Labute approximate surface area is 162 Å². The Bertz CT molecular complexity index is 733. The lowest BCUT2D eigenvalue weighted by atomic mass is 10.1. The van der Waals surface area contributed by atoms with Gasteiger partial charge in [0.05, 0.1) is 14.2 Å². The maximum absolute atomic E-state index is 5.44. The molecule has 5 nitrogen and oxygen atoms in total. The summed E-state index contributed by atoms with van der Waals surface area (Å²) in [6.45, 7) is 9.42. The van der Waals surface area contributed by atoms with Crippen molar-refractivity contribution in [2.45, 2.75) is 26.4 Å². The van der Waals surface area contributed by atoms with Crippen LogP contribution >= 0.6 is 0 Å². The van der Waals surface area contributed by atoms with Crippen LogP contribution in [0.5, 0.6) is 11.5 Å². The maximum atomic E-state index is 5.44. The molecule has 27 heavy (non-hydrogen) atoms. The standard InChI is InChI=1S/C22H31N3O2/c1-5-23-19-7-9-20(10-8-19)25-13-12-24(17(2)15-25)16-18-6-11-21(26-3)22(14-18)27-4/h6-11,14,17,23H,5,12-13,15-16H2,1-4H3/t17-/m1/s1. The molecule has 3 rings (SSSR count). The van der Waals surface area contributed by atoms with Crippen LogP contribution in [0, 0.1) is 0 Å². The Morgan fingerprint density at radius 3 is 2.37 bits per heavy atom. The molecule has 1 fully saturated rings. The second-order valence-electron chi connectivity index (χ2n) is 7.03. The van der Waals surface area contributed by atoms with Crippen molar-refractivity contribution in [3.63, 3.8) is 0 Å². The number of rotatable bonds is 7. The van der Waals surface area contributed by atoms with Crippen molar-refractivity contribution in [1.29, 1.82) is 0 Å². The molecule has 0 aliphatic carbocycles. The molecule has 0 radical (unpaired) electrons. The normalized spacial score (nSPS) is 17.6. The Morgan fingerprint density at radius 1 is 1.00 bits per heavy atom. The van der Waals surface area contributed by atoms with Crippen molar-refractivity contribution in [3.05, 3.63) is 48.0 Å². The summed E-state index contributed by atoms with van der Waals surface area (Å²) in [5.41, 5.74) is 3.73. The number of nitrogens with zero attached hydrogens (tertiary/aromatic N) is 2. The predicted molar refractivity (Wildman–Crippen MR) is 112 cm³/mol. The van der Waals surface area contributed by atoms with E-state index in [1.165, 1.54) is 16.9 Å². The fraction of sp³-hybridized carbons (Fsp3) is 0.455. The minimum absolute atomic E-state index is 0.486. The summed E-state index contributed by atoms with van der Waals surface area (Å²) in [6, 6.07) is 15.4. The fourth-order valence-electron chi connectivity index (χ4n) is 3.67. The smallest absolute Gasteiger partial charge is 0.161 e. The maximum Gasteiger partial charge on any atom is 0.161 e. The molecule has 0 amide bonds. The zero-order chi connectivity index (χ0) is 19.2. The average molecular weight is 370 g/mol. The van der Waals surface area contributed by atoms with E-state index in [1.54, 1.807) is 14.2 Å². The van der Waals surface area contributed by atoms with E-state index in [0.717, 1.165) is 44.2 Å². The second kappa shape index (κ2) is 9.00. The van der Waals surface area contributed by atoms with E-state index in [9.17, 15) is 0 Å². The summed E-state index contributed by atoms with van der Waals surface area (Å²) in [7, 11) is 3.36. The van der Waals surface area contributed by atoms with E-state index in [2.05, 4.69) is 65.4 Å². The van der Waals surface area contributed by atoms with Gasteiger partial charge in [0.1, 0.15) is 0 Å². The summed E-state index contributed by atoms with van der Waals surface area (Å²) >= 11 is 0. The van der Waals surface area contributed by atoms with E-state index >= 15 is 0 Å². The number of hydrogen-bond acceptors (Lipinski definition) is 5. The van der Waals surface area contributed by atoms with Crippen LogP contribution in [0.3, 0.4) is 0 Å². The van der Waals surface area contributed by atoms with Gasteiger partial charge in [0, 0.05) is 50.1 Å². The number of methoxy groups -OCH3 is 2. The molecule has 1 atom stereocenters. The van der Waals surface area contributed by atoms with Crippen LogP contribution in [0.1, 0.15) is 19.4 Å². The molecular weight excluding hydrogens is 338 g/mol. The Hall–Kier alpha value is -2.40. The second-order valence-corrected chi connectivity index (χ2v) is 7.03. The molecule has 0 bridgehead atoms. The molecule has 146 valence electrons. The molecule has 0 aromatic heterocycles. The molecule has 1 aliphatic heterocycles. The van der Waals surface area contributed by atoms with Crippen LogP contribution in [0.2, 0.25) is 0 Å². The SMILES string of the molecule is CCNc1ccc(N2CCN(Cc3ccc(OC)c(OC)c3)[C@H](C)C2)cc1. The Kier molecular flexibility index (Phi) is 6.45. The minimum atomic E-state index is 0.486. The van der Waals surface area contributed by atoms with Gasteiger partial charge in [-0.25, -0.2) is 0 Å². The topological polar surface area (TPSA) is 37.0 Å². The van der Waals surface area contributed by atoms with Crippen LogP contribution < -0.4 is 19.7 Å². The molecule has 2 aromatic carbocycles. The molecule has 0 unspecified atom stereocenters. The van der Waals surface area contributed by atoms with Crippen LogP contribution in [-0.2, 0) is 6.54 Å². The number of hydrogen-bond donors (Lipinski definition) is 1. The van der Waals surface area contributed by atoms with Gasteiger partial charge in [-0.05, 0) is 55.8 Å². The van der Waals surface area contributed by atoms with E-state index in [4.69, 9.17) is 9.47 Å². The number of nitrogens with one attached hydrogen (secondary N) is 1. The lowest BCUT2D eigenvalue weighted by molar-refractivity contribution is 0.181. The van der Waals surface area contributed by atoms with Crippen molar-refractivity contribution in [2.75, 3.05) is 50.6 Å². The van der Waals surface area contributed by atoms with Crippen molar-refractivity contribution >= 4 is 11.4 Å². The molecule has 1 N–H and O–H groups in total. The number of ether oxygens (including phenoxy) is 2. The van der Waals surface area contributed by atoms with Gasteiger partial charge in [0.25, 0.3) is 0 Å². The highest BCUT2D eigenvalue weighted by atomic mass is 16.5. The lowest BCUT2D eigenvalue weighted by Crippen LogP contribution is -2.51. The van der Waals surface area contributed by atoms with Crippen LogP contribution in [-0.4, -0.2) is 51.3 Å². The van der Waals surface area contributed by atoms with Crippen molar-refractivity contribution in [3.8, 4) is 11.5 Å². The van der Waals surface area contributed by atoms with Gasteiger partial charge >= 0.3 is 0 Å². The Morgan fingerprint density at radius 2 is 1.74 bits per heavy atom. The fourth-order valence-corrected chi connectivity index (χ4v) is 3.67. The van der Waals surface area contributed by atoms with Crippen molar-refractivity contribution in [1.82, 2.24) is 4.90 Å². The molecule has 2 aromatic rings. The first kappa shape index (κ1) is 19.4. The van der Waals surface area contributed by atoms with Gasteiger partial charge < -0.3 is 19.7 Å². The van der Waals surface area contributed by atoms with Gasteiger partial charge in [-0.3, -0.25) is 4.90 Å². The highest BCUT2D eigenvalue weighted by Crippen LogP contribution is 2.29. The van der Waals surface area contributed by atoms with E-state index in [1.807, 2.05) is 6.07 Å². The monoisotopic (exact) mass is 369 g/mol. The van der Waals surface area contributed by atoms with E-state index in [0.29, 0.717) is 6.04 Å². The van der Waals surface area contributed by atoms with Gasteiger partial charge in [0.15, 0.2) is 11.5 Å². The van der Waals surface area contributed by atoms with Gasteiger partial charge in [-0.15, -0.1) is 0 Å². The summed E-state index contributed by atoms with van der Waals surface area (Å²) in [5.74, 6) is 1.57. The first-order valence-corrected chi connectivity index (χ1v) is 9.68. The Balaban J connectivity index is 1.61. The summed E-state index contributed by atoms with van der Waals surface area (Å²) < 4.78 is 10.8. The first-order valence-electron chi connectivity index (χ1n) is 9.68. The van der Waals surface area contributed by atoms with Crippen LogP contribution in [0.25, 0.3) is 0 Å². The van der Waals surface area contributed by atoms with Crippen molar-refractivity contribution in [2.24, 2.45) is 0 Å². The summed E-state index contributed by atoms with van der Waals surface area (Å²) in [6.07, 6.45) is 0. The molecule has 5 heteroatoms. The molecule has 1 saturated heterocycles. The zero-order valence-electron chi connectivity index (χ0n) is 16.9. The summed E-state index contributed by atoms with van der Waals surface area (Å²) in [4.78, 5) is 5.01. The number of piperazine rings is 1. The van der Waals surface area contributed by atoms with E-state index < -0.39 is 0 Å². The van der Waals surface area contributed by atoms with Crippen molar-refractivity contribution < 1.29 is 9.47 Å². The van der Waals surface area contributed by atoms with Gasteiger partial charge in [0.2, 0.25) is 0 Å². The molecular formula is C22H31N3O2. The third-order valence-corrected chi connectivity index (χ3v) is 5.21. The largest absolute Gasteiger partial charge is 0.493 e. The van der Waals surface area contributed by atoms with Crippen LogP contribution in [0.15, 0.2) is 42.5 Å². The number of anilines is 2. The molecule has 0 spiro atoms. The molecule has 0 saturated carbocycles. The quantitative estimate of drug-likeness (QED) is 0.802. The van der Waals surface area contributed by atoms with Crippen LogP contribution in [0.4, 0.5) is 11.4 Å². The zero-order valence-corrected chi connectivity index (χ0v) is 16.9. The molecule has 1 aliphatic rings. The molecule has 1 heterocycles. The third-order valence-electron chi connectivity index (χ3n) is 5.21. The highest BCUT2D eigenvalue weighted by Gasteiger charge is 2.24. The predicted octanol–water partition coefficient (Wildman–Crippen LogP) is 3.85.